The minimum absolute atomic E-state index is 0.235. The van der Waals surface area contributed by atoms with E-state index in [1.165, 1.54) is 0 Å². The van der Waals surface area contributed by atoms with E-state index in [2.05, 4.69) is 10.3 Å². The molecular formula is C21H21N3O4. The minimum Gasteiger partial charge on any atom is -0.493 e. The summed E-state index contributed by atoms with van der Waals surface area (Å²) in [5.41, 5.74) is 2.88. The lowest BCUT2D eigenvalue weighted by molar-refractivity contribution is 0.0932. The first kappa shape index (κ1) is 17.9. The summed E-state index contributed by atoms with van der Waals surface area (Å²) in [6, 6.07) is 13.0. The minimum atomic E-state index is -0.251. The summed E-state index contributed by atoms with van der Waals surface area (Å²) >= 11 is 0. The summed E-state index contributed by atoms with van der Waals surface area (Å²) in [4.78, 5) is 17.2. The van der Waals surface area contributed by atoms with Crippen molar-refractivity contribution in [3.63, 3.8) is 0 Å². The molecule has 1 unspecified atom stereocenters. The summed E-state index contributed by atoms with van der Waals surface area (Å²) in [6.07, 6.45) is 1.66. The summed E-state index contributed by atoms with van der Waals surface area (Å²) in [5, 5.41) is 2.99. The SMILES string of the molecule is COc1ccc(C(C)NC(=O)c2ncn3c2COc2ccccc2-3)cc1OC. The molecule has 4 rings (SSSR count). The third kappa shape index (κ3) is 3.05. The van der Waals surface area contributed by atoms with E-state index in [9.17, 15) is 4.79 Å². The summed E-state index contributed by atoms with van der Waals surface area (Å²) in [5.74, 6) is 1.78. The molecule has 7 heteroatoms. The van der Waals surface area contributed by atoms with Crippen LogP contribution in [0, 0.1) is 0 Å². The van der Waals surface area contributed by atoms with Crippen molar-refractivity contribution in [1.29, 1.82) is 0 Å². The van der Waals surface area contributed by atoms with Crippen LogP contribution in [0.25, 0.3) is 5.69 Å². The van der Waals surface area contributed by atoms with Gasteiger partial charge >= 0.3 is 0 Å². The number of carbonyl (C=O) groups excluding carboxylic acids is 1. The second-order valence-electron chi connectivity index (χ2n) is 6.48. The van der Waals surface area contributed by atoms with Gasteiger partial charge in [-0.3, -0.25) is 9.36 Å². The summed E-state index contributed by atoms with van der Waals surface area (Å²) < 4.78 is 18.3. The number of hydrogen-bond donors (Lipinski definition) is 1. The largest absolute Gasteiger partial charge is 0.493 e. The average molecular weight is 379 g/mol. The molecule has 0 fully saturated rings. The zero-order valence-corrected chi connectivity index (χ0v) is 15.9. The molecule has 0 aliphatic carbocycles. The van der Waals surface area contributed by atoms with Crippen LogP contribution in [0.3, 0.4) is 0 Å². The number of benzene rings is 2. The van der Waals surface area contributed by atoms with Crippen LogP contribution >= 0.6 is 0 Å². The van der Waals surface area contributed by atoms with Gasteiger partial charge in [-0.25, -0.2) is 4.98 Å². The van der Waals surface area contributed by atoms with Gasteiger partial charge in [0.1, 0.15) is 18.7 Å². The standard InChI is InChI=1S/C21H21N3O4/c1-13(14-8-9-18(26-2)19(10-14)27-3)23-21(25)20-16-11-28-17-7-5-4-6-15(17)24(16)12-22-20/h4-10,12-13H,11H2,1-3H3,(H,23,25). The number of fused-ring (bicyclic) bond motifs is 3. The van der Waals surface area contributed by atoms with Crippen LogP contribution in [-0.2, 0) is 6.61 Å². The molecule has 0 spiro atoms. The monoisotopic (exact) mass is 379 g/mol. The lowest BCUT2D eigenvalue weighted by atomic mass is 10.1. The average Bonchev–Trinajstić information content (AvgIpc) is 3.18. The van der Waals surface area contributed by atoms with Crippen LogP contribution in [0.5, 0.6) is 17.2 Å². The molecule has 2 aromatic carbocycles. The summed E-state index contributed by atoms with van der Waals surface area (Å²) in [7, 11) is 3.17. The van der Waals surface area contributed by atoms with Gasteiger partial charge in [0.05, 0.1) is 31.6 Å². The molecule has 7 nitrogen and oxygen atoms in total. The Morgan fingerprint density at radius 3 is 2.75 bits per heavy atom. The Labute approximate surface area is 162 Å². The van der Waals surface area contributed by atoms with Gasteiger partial charge in [0, 0.05) is 0 Å². The molecule has 0 saturated carbocycles. The number of ether oxygens (including phenoxy) is 3. The third-order valence-corrected chi connectivity index (χ3v) is 4.83. The maximum atomic E-state index is 12.9. The van der Waals surface area contributed by atoms with Crippen molar-refractivity contribution in [2.45, 2.75) is 19.6 Å². The first-order chi connectivity index (χ1) is 13.6. The molecule has 1 aliphatic rings. The smallest absolute Gasteiger partial charge is 0.272 e. The number of imidazole rings is 1. The van der Waals surface area contributed by atoms with E-state index in [0.29, 0.717) is 23.8 Å². The predicted molar refractivity (Wildman–Crippen MR) is 103 cm³/mol. The Morgan fingerprint density at radius 2 is 1.96 bits per heavy atom. The number of methoxy groups -OCH3 is 2. The number of nitrogens with zero attached hydrogens (tertiary/aromatic N) is 2. The fraction of sp³-hybridized carbons (Fsp3) is 0.238. The molecule has 3 aromatic rings. The highest BCUT2D eigenvalue weighted by atomic mass is 16.5. The van der Waals surface area contributed by atoms with Crippen molar-refractivity contribution in [2.75, 3.05) is 14.2 Å². The topological polar surface area (TPSA) is 74.6 Å². The Balaban J connectivity index is 1.56. The molecule has 0 radical (unpaired) electrons. The first-order valence-corrected chi connectivity index (χ1v) is 8.93. The Bertz CT molecular complexity index is 1030. The number of aromatic nitrogens is 2. The summed E-state index contributed by atoms with van der Waals surface area (Å²) in [6.45, 7) is 2.21. The van der Waals surface area contributed by atoms with Gasteiger partial charge in [-0.2, -0.15) is 0 Å². The van der Waals surface area contributed by atoms with Crippen LogP contribution in [0.2, 0.25) is 0 Å². The van der Waals surface area contributed by atoms with Crippen LogP contribution in [-0.4, -0.2) is 29.7 Å². The van der Waals surface area contributed by atoms with Gasteiger partial charge in [0.2, 0.25) is 0 Å². The number of nitrogens with one attached hydrogen (secondary N) is 1. The van der Waals surface area contributed by atoms with Gasteiger partial charge in [-0.15, -0.1) is 0 Å². The maximum absolute atomic E-state index is 12.9. The van der Waals surface area contributed by atoms with Crippen LogP contribution in [0.4, 0.5) is 0 Å². The molecule has 1 N–H and O–H groups in total. The molecule has 1 amide bonds. The third-order valence-electron chi connectivity index (χ3n) is 4.83. The van der Waals surface area contributed by atoms with Gasteiger partial charge in [-0.05, 0) is 36.8 Å². The van der Waals surface area contributed by atoms with Gasteiger partial charge < -0.3 is 19.5 Å². The van der Waals surface area contributed by atoms with E-state index in [0.717, 1.165) is 22.7 Å². The molecule has 28 heavy (non-hydrogen) atoms. The van der Waals surface area contributed by atoms with E-state index in [4.69, 9.17) is 14.2 Å². The second kappa shape index (κ2) is 7.26. The van der Waals surface area contributed by atoms with E-state index in [1.807, 2.05) is 54.0 Å². The van der Waals surface area contributed by atoms with Gasteiger partial charge in [-0.1, -0.05) is 18.2 Å². The number of rotatable bonds is 5. The molecule has 1 aliphatic heterocycles. The number of amides is 1. The molecule has 1 atom stereocenters. The van der Waals surface area contributed by atoms with Crippen molar-refractivity contribution in [2.24, 2.45) is 0 Å². The van der Waals surface area contributed by atoms with Crippen molar-refractivity contribution < 1.29 is 19.0 Å². The van der Waals surface area contributed by atoms with Crippen molar-refractivity contribution in [3.05, 3.63) is 65.7 Å². The van der Waals surface area contributed by atoms with E-state index < -0.39 is 0 Å². The highest BCUT2D eigenvalue weighted by molar-refractivity contribution is 5.94. The van der Waals surface area contributed by atoms with Gasteiger partial charge in [0.25, 0.3) is 5.91 Å². The fourth-order valence-corrected chi connectivity index (χ4v) is 3.30. The molecule has 1 aromatic heterocycles. The normalized spacial score (nSPS) is 13.0. The maximum Gasteiger partial charge on any atom is 0.272 e. The second-order valence-corrected chi connectivity index (χ2v) is 6.48. The molecule has 0 bridgehead atoms. The quantitative estimate of drug-likeness (QED) is 0.736. The highest BCUT2D eigenvalue weighted by Gasteiger charge is 2.25. The van der Waals surface area contributed by atoms with Crippen LogP contribution in [0.1, 0.15) is 34.7 Å². The van der Waals surface area contributed by atoms with E-state index in [1.54, 1.807) is 20.5 Å². The van der Waals surface area contributed by atoms with Crippen molar-refractivity contribution in [1.82, 2.24) is 14.9 Å². The molecule has 0 saturated heterocycles. The van der Waals surface area contributed by atoms with E-state index in [-0.39, 0.29) is 11.9 Å². The van der Waals surface area contributed by atoms with Crippen molar-refractivity contribution in [3.8, 4) is 22.9 Å². The Morgan fingerprint density at radius 1 is 1.18 bits per heavy atom. The number of hydrogen-bond acceptors (Lipinski definition) is 5. The number of carbonyl (C=O) groups is 1. The highest BCUT2D eigenvalue weighted by Crippen LogP contribution is 2.32. The zero-order valence-electron chi connectivity index (χ0n) is 15.9. The zero-order chi connectivity index (χ0) is 19.7. The lowest BCUT2D eigenvalue weighted by Gasteiger charge is -2.20. The molecule has 144 valence electrons. The Hall–Kier alpha value is -3.48. The number of para-hydroxylation sites is 2. The molecular weight excluding hydrogens is 358 g/mol. The lowest BCUT2D eigenvalue weighted by Crippen LogP contribution is -2.28. The van der Waals surface area contributed by atoms with E-state index >= 15 is 0 Å². The van der Waals surface area contributed by atoms with Gasteiger partial charge in [0.15, 0.2) is 17.2 Å². The van der Waals surface area contributed by atoms with Crippen LogP contribution in [0.15, 0.2) is 48.8 Å². The predicted octanol–water partition coefficient (Wildman–Crippen LogP) is 3.27. The fourth-order valence-electron chi connectivity index (χ4n) is 3.30. The first-order valence-electron chi connectivity index (χ1n) is 8.93. The Kier molecular flexibility index (Phi) is 4.65. The van der Waals surface area contributed by atoms with Crippen LogP contribution < -0.4 is 19.5 Å². The van der Waals surface area contributed by atoms with Crippen molar-refractivity contribution >= 4 is 5.91 Å². The molecule has 2 heterocycles.